The molecule has 2 nitrogen and oxygen atoms in total. The Labute approximate surface area is 214 Å². The van der Waals surface area contributed by atoms with E-state index in [2.05, 4.69) is 122 Å². The van der Waals surface area contributed by atoms with Crippen molar-refractivity contribution >= 4 is 34.8 Å². The van der Waals surface area contributed by atoms with Crippen molar-refractivity contribution in [2.45, 2.75) is 45.4 Å². The molecule has 4 heteroatoms. The van der Waals surface area contributed by atoms with E-state index in [4.69, 9.17) is 0 Å². The minimum absolute atomic E-state index is 0.192. The predicted molar refractivity (Wildman–Crippen MR) is 154 cm³/mol. The molecule has 0 aromatic heterocycles. The molecule has 0 spiro atoms. The molecule has 0 radical (unpaired) electrons. The standard InChI is InChI=1S/C31H34NOPS/c1-23-20-24(2)22-25(21-23)30(32-35(33)31(3,4)5)28-18-12-13-19-29(28)34(26-14-8-6-9-15-26)27-16-10-7-11-17-27/h6-22,30,32H,1-5H3. The summed E-state index contributed by atoms with van der Waals surface area (Å²) >= 11 is 0. The topological polar surface area (TPSA) is 29.1 Å². The predicted octanol–water partition coefficient (Wildman–Crippen LogP) is 6.20. The zero-order chi connectivity index (χ0) is 25.0. The molecular formula is C31H34NOPS. The second kappa shape index (κ2) is 11.0. The summed E-state index contributed by atoms with van der Waals surface area (Å²) in [5.41, 5.74) is 4.73. The number of rotatable bonds is 7. The molecule has 0 saturated carbocycles. The third-order valence-electron chi connectivity index (χ3n) is 5.88. The molecule has 0 heterocycles. The molecule has 0 aliphatic rings. The van der Waals surface area contributed by atoms with E-state index < -0.39 is 18.9 Å². The molecule has 4 aromatic rings. The Kier molecular flexibility index (Phi) is 8.02. The van der Waals surface area contributed by atoms with Gasteiger partial charge in [-0.2, -0.15) is 0 Å². The summed E-state index contributed by atoms with van der Waals surface area (Å²) in [6, 6.07) is 36.6. The second-order valence-electron chi connectivity index (χ2n) is 9.92. The molecule has 4 rings (SSSR count). The molecular weight excluding hydrogens is 465 g/mol. The van der Waals surface area contributed by atoms with Crippen molar-refractivity contribution in [1.82, 2.24) is 4.72 Å². The van der Waals surface area contributed by atoms with Gasteiger partial charge in [-0.1, -0.05) is 114 Å². The zero-order valence-corrected chi connectivity index (χ0v) is 22.9. The lowest BCUT2D eigenvalue weighted by Gasteiger charge is -2.29. The highest BCUT2D eigenvalue weighted by Gasteiger charge is 2.29. The number of hydrogen-bond acceptors (Lipinski definition) is 1. The molecule has 180 valence electrons. The van der Waals surface area contributed by atoms with Crippen LogP contribution in [0.1, 0.15) is 49.1 Å². The Morgan fingerprint density at radius 3 is 1.71 bits per heavy atom. The summed E-state index contributed by atoms with van der Waals surface area (Å²) < 4.78 is 16.6. The first kappa shape index (κ1) is 25.5. The largest absolute Gasteiger partial charge is 0.242 e. The third kappa shape index (κ3) is 6.16. The van der Waals surface area contributed by atoms with Gasteiger partial charge in [-0.05, 0) is 69.6 Å². The highest BCUT2D eigenvalue weighted by atomic mass is 32.2. The van der Waals surface area contributed by atoms with Gasteiger partial charge in [0.25, 0.3) is 0 Å². The minimum atomic E-state index is -1.23. The van der Waals surface area contributed by atoms with Crippen LogP contribution in [0.15, 0.2) is 103 Å². The van der Waals surface area contributed by atoms with Gasteiger partial charge in [0.15, 0.2) is 0 Å². The second-order valence-corrected chi connectivity index (χ2v) is 14.1. The Balaban J connectivity index is 1.93. The van der Waals surface area contributed by atoms with Crippen LogP contribution in [0.2, 0.25) is 0 Å². The smallest absolute Gasteiger partial charge is 0.0979 e. The molecule has 2 unspecified atom stereocenters. The van der Waals surface area contributed by atoms with E-state index in [1.807, 2.05) is 20.8 Å². The first-order valence-electron chi connectivity index (χ1n) is 12.0. The molecule has 4 aromatic carbocycles. The van der Waals surface area contributed by atoms with Crippen molar-refractivity contribution < 1.29 is 4.21 Å². The summed E-state index contributed by atoms with van der Waals surface area (Å²) in [6.07, 6.45) is 0. The van der Waals surface area contributed by atoms with Crippen LogP contribution in [-0.2, 0) is 11.0 Å². The third-order valence-corrected chi connectivity index (χ3v) is 9.96. The van der Waals surface area contributed by atoms with Gasteiger partial charge in [-0.3, -0.25) is 0 Å². The van der Waals surface area contributed by atoms with Gasteiger partial charge in [0.1, 0.15) is 0 Å². The maximum atomic E-state index is 13.4. The molecule has 0 saturated heterocycles. The van der Waals surface area contributed by atoms with Crippen molar-refractivity contribution in [3.05, 3.63) is 125 Å². The first-order chi connectivity index (χ1) is 16.7. The molecule has 0 aliphatic heterocycles. The Bertz CT molecular complexity index is 1240. The van der Waals surface area contributed by atoms with Crippen LogP contribution in [0.5, 0.6) is 0 Å². The Morgan fingerprint density at radius 2 is 1.20 bits per heavy atom. The quantitative estimate of drug-likeness (QED) is 0.301. The molecule has 1 N–H and O–H groups in total. The molecule has 35 heavy (non-hydrogen) atoms. The number of benzene rings is 4. The van der Waals surface area contributed by atoms with Crippen molar-refractivity contribution in [3.63, 3.8) is 0 Å². The van der Waals surface area contributed by atoms with Crippen LogP contribution in [0, 0.1) is 13.8 Å². The van der Waals surface area contributed by atoms with Gasteiger partial charge < -0.3 is 0 Å². The van der Waals surface area contributed by atoms with Crippen LogP contribution in [0.3, 0.4) is 0 Å². The maximum Gasteiger partial charge on any atom is 0.0979 e. The SMILES string of the molecule is Cc1cc(C)cc(C(NS(=O)C(C)(C)C)c2ccccc2P(c2ccccc2)c2ccccc2)c1. The van der Waals surface area contributed by atoms with Crippen molar-refractivity contribution in [1.29, 1.82) is 0 Å². The minimum Gasteiger partial charge on any atom is -0.242 e. The van der Waals surface area contributed by atoms with Crippen LogP contribution < -0.4 is 20.6 Å². The van der Waals surface area contributed by atoms with E-state index >= 15 is 0 Å². The summed E-state index contributed by atoms with van der Waals surface area (Å²) in [7, 11) is -2.03. The van der Waals surface area contributed by atoms with Crippen LogP contribution in [0.25, 0.3) is 0 Å². The summed E-state index contributed by atoms with van der Waals surface area (Å²) in [4.78, 5) is 0. The number of aryl methyl sites for hydroxylation is 2. The highest BCUT2D eigenvalue weighted by Crippen LogP contribution is 2.37. The fourth-order valence-electron chi connectivity index (χ4n) is 4.29. The van der Waals surface area contributed by atoms with Crippen LogP contribution in [-0.4, -0.2) is 8.96 Å². The van der Waals surface area contributed by atoms with Gasteiger partial charge in [0.2, 0.25) is 0 Å². The lowest BCUT2D eigenvalue weighted by molar-refractivity contribution is 0.624. The van der Waals surface area contributed by atoms with E-state index in [0.29, 0.717) is 0 Å². The van der Waals surface area contributed by atoms with E-state index in [-0.39, 0.29) is 10.8 Å². The van der Waals surface area contributed by atoms with Gasteiger partial charge in [-0.15, -0.1) is 0 Å². The van der Waals surface area contributed by atoms with E-state index in [1.165, 1.54) is 32.6 Å². The molecule has 2 atom stereocenters. The van der Waals surface area contributed by atoms with Crippen molar-refractivity contribution in [2.75, 3.05) is 0 Å². The maximum absolute atomic E-state index is 13.4. The van der Waals surface area contributed by atoms with Gasteiger partial charge in [-0.25, -0.2) is 8.93 Å². The summed E-state index contributed by atoms with van der Waals surface area (Å²) in [6.45, 7) is 10.3. The van der Waals surface area contributed by atoms with Gasteiger partial charge in [0.05, 0.1) is 21.8 Å². The van der Waals surface area contributed by atoms with E-state index in [9.17, 15) is 4.21 Å². The normalized spacial score (nSPS) is 13.5. The molecule has 0 fully saturated rings. The molecule has 0 amide bonds. The Hall–Kier alpha value is -2.58. The zero-order valence-electron chi connectivity index (χ0n) is 21.2. The average Bonchev–Trinajstić information content (AvgIpc) is 2.83. The lowest BCUT2D eigenvalue weighted by atomic mass is 9.96. The summed E-state index contributed by atoms with van der Waals surface area (Å²) in [5.74, 6) is 0. The molecule has 0 aliphatic carbocycles. The van der Waals surface area contributed by atoms with Gasteiger partial charge in [0, 0.05) is 0 Å². The van der Waals surface area contributed by atoms with E-state index in [1.54, 1.807) is 0 Å². The fourth-order valence-corrected chi connectivity index (χ4v) is 7.61. The van der Waals surface area contributed by atoms with Crippen molar-refractivity contribution in [2.24, 2.45) is 0 Å². The van der Waals surface area contributed by atoms with Crippen LogP contribution in [0.4, 0.5) is 0 Å². The van der Waals surface area contributed by atoms with E-state index in [0.717, 1.165) is 5.56 Å². The lowest BCUT2D eigenvalue weighted by Crippen LogP contribution is -2.38. The fraction of sp³-hybridized carbons (Fsp3) is 0.226. The first-order valence-corrected chi connectivity index (χ1v) is 14.5. The van der Waals surface area contributed by atoms with Crippen LogP contribution >= 0.6 is 7.92 Å². The Morgan fingerprint density at radius 1 is 0.714 bits per heavy atom. The van der Waals surface area contributed by atoms with Gasteiger partial charge >= 0.3 is 0 Å². The average molecular weight is 500 g/mol. The number of nitrogens with one attached hydrogen (secondary N) is 1. The summed E-state index contributed by atoms with van der Waals surface area (Å²) in [5, 5.41) is 3.89. The highest BCUT2D eigenvalue weighted by molar-refractivity contribution is 7.84. The molecule has 0 bridgehead atoms. The van der Waals surface area contributed by atoms with Crippen molar-refractivity contribution in [3.8, 4) is 0 Å². The monoisotopic (exact) mass is 499 g/mol. The number of hydrogen-bond donors (Lipinski definition) is 1.